The normalized spacial score (nSPS) is 12.0. The summed E-state index contributed by atoms with van der Waals surface area (Å²) in [6.45, 7) is 0.213. The molecule has 1 heterocycles. The zero-order valence-electron chi connectivity index (χ0n) is 15.2. The molecule has 0 radical (unpaired) electrons. The van der Waals surface area contributed by atoms with Gasteiger partial charge < -0.3 is 9.72 Å². The first-order valence-corrected chi connectivity index (χ1v) is 9.16. The van der Waals surface area contributed by atoms with Crippen LogP contribution >= 0.6 is 0 Å². The predicted octanol–water partition coefficient (Wildman–Crippen LogP) is 5.16. The van der Waals surface area contributed by atoms with Gasteiger partial charge in [0.2, 0.25) is 6.54 Å². The quantitative estimate of drug-likeness (QED) is 0.360. The smallest absolute Gasteiger partial charge is 0.214 e. The van der Waals surface area contributed by atoms with E-state index < -0.39 is 5.92 Å². The van der Waals surface area contributed by atoms with Crippen LogP contribution in [-0.2, 0) is 6.61 Å². The minimum Gasteiger partial charge on any atom is -0.489 e. The molecule has 1 N–H and O–H groups in total. The van der Waals surface area contributed by atoms with Crippen LogP contribution in [0.3, 0.4) is 0 Å². The van der Waals surface area contributed by atoms with E-state index in [9.17, 15) is 10.1 Å². The molecule has 4 rings (SSSR count). The maximum absolute atomic E-state index is 11.5. The minimum atomic E-state index is -0.405. The Bertz CT molecular complexity index is 1090. The summed E-state index contributed by atoms with van der Waals surface area (Å²) in [7, 11) is 0. The van der Waals surface area contributed by atoms with Crippen molar-refractivity contribution in [1.82, 2.24) is 4.98 Å². The Kier molecular flexibility index (Phi) is 5.06. The van der Waals surface area contributed by atoms with E-state index in [2.05, 4.69) is 4.98 Å². The number of aromatic nitrogens is 1. The number of aromatic amines is 1. The largest absolute Gasteiger partial charge is 0.489 e. The summed E-state index contributed by atoms with van der Waals surface area (Å²) < 4.78 is 6.06. The van der Waals surface area contributed by atoms with Crippen LogP contribution < -0.4 is 4.74 Å². The van der Waals surface area contributed by atoms with Crippen molar-refractivity contribution >= 4 is 10.9 Å². The van der Waals surface area contributed by atoms with Gasteiger partial charge in [0.05, 0.1) is 5.92 Å². The highest BCUT2D eigenvalue weighted by Crippen LogP contribution is 2.36. The molecule has 3 aromatic carbocycles. The number of nitrogens with zero attached hydrogens (tertiary/aromatic N) is 1. The van der Waals surface area contributed by atoms with Crippen LogP contribution in [0.2, 0.25) is 0 Å². The first kappa shape index (κ1) is 17.8. The second kappa shape index (κ2) is 7.96. The van der Waals surface area contributed by atoms with E-state index in [0.29, 0.717) is 12.4 Å². The van der Waals surface area contributed by atoms with Crippen LogP contribution in [-0.4, -0.2) is 16.5 Å². The molecule has 4 aromatic rings. The van der Waals surface area contributed by atoms with E-state index in [1.165, 1.54) is 0 Å². The maximum atomic E-state index is 11.5. The van der Waals surface area contributed by atoms with Gasteiger partial charge in [-0.15, -0.1) is 0 Å². The van der Waals surface area contributed by atoms with Crippen molar-refractivity contribution in [2.45, 2.75) is 12.5 Å². The molecule has 0 aliphatic carbocycles. The molecule has 0 saturated carbocycles. The van der Waals surface area contributed by atoms with Crippen molar-refractivity contribution in [3.8, 4) is 5.75 Å². The molecule has 5 nitrogen and oxygen atoms in total. The van der Waals surface area contributed by atoms with Gasteiger partial charge in [0.15, 0.2) is 0 Å². The third-order valence-corrected chi connectivity index (χ3v) is 4.86. The lowest BCUT2D eigenvalue weighted by atomic mass is 9.90. The van der Waals surface area contributed by atoms with Crippen LogP contribution in [0.15, 0.2) is 85.1 Å². The Labute approximate surface area is 162 Å². The Morgan fingerprint density at radius 1 is 0.893 bits per heavy atom. The van der Waals surface area contributed by atoms with Crippen molar-refractivity contribution in [2.24, 2.45) is 0 Å². The van der Waals surface area contributed by atoms with Gasteiger partial charge in [0.25, 0.3) is 0 Å². The molecule has 0 spiro atoms. The molecule has 0 bridgehead atoms. The van der Waals surface area contributed by atoms with Gasteiger partial charge in [-0.1, -0.05) is 66.7 Å². The highest BCUT2D eigenvalue weighted by molar-refractivity contribution is 5.84. The number of nitrogens with one attached hydrogen (secondary N) is 1. The zero-order chi connectivity index (χ0) is 19.3. The Morgan fingerprint density at radius 3 is 2.43 bits per heavy atom. The van der Waals surface area contributed by atoms with Crippen molar-refractivity contribution in [3.63, 3.8) is 0 Å². The fourth-order valence-electron chi connectivity index (χ4n) is 3.53. The van der Waals surface area contributed by atoms with Crippen molar-refractivity contribution in [1.29, 1.82) is 0 Å². The third kappa shape index (κ3) is 3.74. The van der Waals surface area contributed by atoms with Crippen molar-refractivity contribution in [3.05, 3.63) is 112 Å². The second-order valence-corrected chi connectivity index (χ2v) is 6.67. The van der Waals surface area contributed by atoms with E-state index in [0.717, 1.165) is 27.6 Å². The van der Waals surface area contributed by atoms with Crippen molar-refractivity contribution in [2.75, 3.05) is 6.54 Å². The van der Waals surface area contributed by atoms with Gasteiger partial charge in [-0.3, -0.25) is 10.1 Å². The molecule has 5 heteroatoms. The fraction of sp³-hybridized carbons (Fsp3) is 0.130. The number of fused-ring (bicyclic) bond motifs is 1. The van der Waals surface area contributed by atoms with Gasteiger partial charge in [0.1, 0.15) is 12.4 Å². The van der Waals surface area contributed by atoms with Gasteiger partial charge in [-0.2, -0.15) is 0 Å². The van der Waals surface area contributed by atoms with Gasteiger partial charge in [-0.05, 0) is 23.3 Å². The van der Waals surface area contributed by atoms with E-state index in [1.54, 1.807) is 0 Å². The lowest BCUT2D eigenvalue weighted by molar-refractivity contribution is -0.481. The summed E-state index contributed by atoms with van der Waals surface area (Å²) in [6.07, 6.45) is 1.87. The number of benzene rings is 3. The number of hydrogen-bond donors (Lipinski definition) is 1. The number of H-pyrrole nitrogens is 1. The standard InChI is InChI=1S/C23H20N2O3/c26-25(27)15-21(20-14-24-22-12-6-4-10-18(20)22)19-11-5-7-13-23(19)28-16-17-8-2-1-3-9-17/h1-14,21,24H,15-16H2/t21-/m1/s1. The topological polar surface area (TPSA) is 68.2 Å². The zero-order valence-corrected chi connectivity index (χ0v) is 15.2. The summed E-state index contributed by atoms with van der Waals surface area (Å²) in [5, 5.41) is 12.5. The van der Waals surface area contributed by atoms with Crippen LogP contribution in [0.4, 0.5) is 0 Å². The summed E-state index contributed by atoms with van der Waals surface area (Å²) in [6, 6.07) is 25.3. The van der Waals surface area contributed by atoms with E-state index in [-0.39, 0.29) is 11.5 Å². The number of para-hydroxylation sites is 2. The van der Waals surface area contributed by atoms with Crippen LogP contribution in [0.5, 0.6) is 5.75 Å². The predicted molar refractivity (Wildman–Crippen MR) is 109 cm³/mol. The van der Waals surface area contributed by atoms with Crippen LogP contribution in [0.1, 0.15) is 22.6 Å². The molecule has 140 valence electrons. The molecule has 0 fully saturated rings. The highest BCUT2D eigenvalue weighted by atomic mass is 16.6. The summed E-state index contributed by atoms with van der Waals surface area (Å²) >= 11 is 0. The van der Waals surface area contributed by atoms with Crippen LogP contribution in [0.25, 0.3) is 10.9 Å². The van der Waals surface area contributed by atoms with Crippen molar-refractivity contribution < 1.29 is 9.66 Å². The monoisotopic (exact) mass is 372 g/mol. The molecule has 28 heavy (non-hydrogen) atoms. The molecule has 1 atom stereocenters. The Morgan fingerprint density at radius 2 is 1.61 bits per heavy atom. The first-order valence-electron chi connectivity index (χ1n) is 9.16. The lowest BCUT2D eigenvalue weighted by Crippen LogP contribution is -2.15. The molecular formula is C23H20N2O3. The van der Waals surface area contributed by atoms with E-state index in [4.69, 9.17) is 4.74 Å². The number of nitro groups is 1. The number of hydrogen-bond acceptors (Lipinski definition) is 3. The van der Waals surface area contributed by atoms with E-state index in [1.807, 2.05) is 85.1 Å². The SMILES string of the molecule is O=[N+]([O-])C[C@H](c1ccccc1OCc1ccccc1)c1c[nH]c2ccccc12. The molecule has 0 aliphatic heterocycles. The van der Waals surface area contributed by atoms with E-state index >= 15 is 0 Å². The highest BCUT2D eigenvalue weighted by Gasteiger charge is 2.26. The molecular weight excluding hydrogens is 352 g/mol. The Balaban J connectivity index is 1.72. The average molecular weight is 372 g/mol. The fourth-order valence-corrected chi connectivity index (χ4v) is 3.53. The first-order chi connectivity index (χ1) is 13.7. The molecule has 0 saturated heterocycles. The lowest BCUT2D eigenvalue weighted by Gasteiger charge is -2.18. The molecule has 0 unspecified atom stereocenters. The minimum absolute atomic E-state index is 0.201. The van der Waals surface area contributed by atoms with Gasteiger partial charge >= 0.3 is 0 Å². The average Bonchev–Trinajstić information content (AvgIpc) is 3.15. The van der Waals surface area contributed by atoms with Crippen LogP contribution in [0, 0.1) is 10.1 Å². The maximum Gasteiger partial charge on any atom is 0.214 e. The molecule has 1 aromatic heterocycles. The molecule has 0 aliphatic rings. The summed E-state index contributed by atoms with van der Waals surface area (Å²) in [4.78, 5) is 14.4. The number of ether oxygens (including phenoxy) is 1. The summed E-state index contributed by atoms with van der Waals surface area (Å²) in [5.74, 6) is 0.265. The second-order valence-electron chi connectivity index (χ2n) is 6.67. The third-order valence-electron chi connectivity index (χ3n) is 4.86. The van der Waals surface area contributed by atoms with Gasteiger partial charge in [-0.25, -0.2) is 0 Å². The summed E-state index contributed by atoms with van der Waals surface area (Å²) in [5.41, 5.74) is 3.74. The Hall–Kier alpha value is -3.60. The molecule has 0 amide bonds. The van der Waals surface area contributed by atoms with Gasteiger partial charge in [0, 0.05) is 27.6 Å². The number of rotatable bonds is 7.